The van der Waals surface area contributed by atoms with Gasteiger partial charge in [-0.3, -0.25) is 0 Å². The Kier molecular flexibility index (Phi) is 140. The minimum atomic E-state index is -2.17. The fraction of sp³-hybridized carbons (Fsp3) is 1.00. The molecule has 0 atom stereocenters. The van der Waals surface area contributed by atoms with Crippen LogP contribution in [0.3, 0.4) is 0 Å². The summed E-state index contributed by atoms with van der Waals surface area (Å²) < 4.78 is 0. The van der Waals surface area contributed by atoms with Crippen molar-refractivity contribution >= 4 is 87.9 Å². The van der Waals surface area contributed by atoms with Crippen molar-refractivity contribution in [1.29, 1.82) is 0 Å². The van der Waals surface area contributed by atoms with E-state index in [1.54, 1.807) is 0 Å². The quantitative estimate of drug-likeness (QED) is 0.0955. The second-order valence-electron chi connectivity index (χ2n) is 8.06. The Hall–Kier alpha value is -0.701. The third-order valence-corrected chi connectivity index (χ3v) is 2.48. The first-order valence-corrected chi connectivity index (χ1v) is 15.4. The Balaban J connectivity index is -0.0000000385. The zero-order valence-corrected chi connectivity index (χ0v) is 32.8. The topological polar surface area (TPSA) is 732 Å². The maximum Gasteiger partial charge on any atom is 0.631 e. The molecule has 0 aromatic rings. The van der Waals surface area contributed by atoms with Crippen LogP contribution in [0.2, 0.25) is 0 Å². The fourth-order valence-corrected chi connectivity index (χ4v) is 1.48. The van der Waals surface area contributed by atoms with Crippen LogP contribution < -0.4 is 0 Å². The van der Waals surface area contributed by atoms with Gasteiger partial charge in [-0.15, -0.1) is 0 Å². The molecule has 368 valence electrons. The maximum atomic E-state index is 7.17. The first-order chi connectivity index (χ1) is 27.1. The predicted octanol–water partition coefficient (Wildman–Crippen LogP) is -20.9. The third-order valence-electron chi connectivity index (χ3n) is 2.48. The molecule has 49 heteroatoms. The van der Waals surface area contributed by atoms with Gasteiger partial charge in [0, 0.05) is 0 Å². The van der Waals surface area contributed by atoms with Gasteiger partial charge in [-0.05, 0) is 38.9 Å². The first kappa shape index (κ1) is 94.8. The van der Waals surface area contributed by atoms with Crippen molar-refractivity contribution in [1.82, 2.24) is 4.90 Å². The molecule has 0 spiro atoms. The van der Waals surface area contributed by atoms with E-state index in [1.165, 1.54) is 58.2 Å². The van der Waals surface area contributed by atoms with Gasteiger partial charge in [-0.2, -0.15) is 0 Å². The van der Waals surface area contributed by atoms with Crippen molar-refractivity contribution in [2.24, 2.45) is 0 Å². The summed E-state index contributed by atoms with van der Waals surface area (Å²) in [7, 11) is -26.0. The van der Waals surface area contributed by atoms with Crippen LogP contribution in [0.4, 0.5) is 0 Å². The van der Waals surface area contributed by atoms with Crippen LogP contribution in [-0.2, 0) is 0 Å². The summed E-state index contributed by atoms with van der Waals surface area (Å²) in [5.74, 6) is 0. The zero-order chi connectivity index (χ0) is 52.9. The summed E-state index contributed by atoms with van der Waals surface area (Å²) >= 11 is 0. The third kappa shape index (κ3) is 1520. The van der Waals surface area contributed by atoms with Gasteiger partial charge in [0.25, 0.3) is 0 Å². The molecule has 0 rings (SSSR count). The molecule has 36 N–H and O–H groups in total. The lowest BCUT2D eigenvalue weighted by Gasteiger charge is -2.21. The molecule has 0 aliphatic heterocycles. The number of rotatable bonds is 9. The summed E-state index contributed by atoms with van der Waals surface area (Å²) in [5, 5.41) is 258. The number of hydrogen-bond acceptors (Lipinski definition) is 37. The van der Waals surface area contributed by atoms with Crippen LogP contribution in [0.25, 0.3) is 0 Å². The molecule has 37 nitrogen and oxygen atoms in total. The summed E-state index contributed by atoms with van der Waals surface area (Å²) in [6.07, 6.45) is 8.09. The van der Waals surface area contributed by atoms with Crippen LogP contribution >= 0.6 is 0 Å². The summed E-state index contributed by atoms with van der Waals surface area (Å²) in [5.41, 5.74) is 0. The minimum Gasteiger partial charge on any atom is -0.402 e. The van der Waals surface area contributed by atoms with Crippen molar-refractivity contribution in [3.8, 4) is 0 Å². The lowest BCUT2D eigenvalue weighted by molar-refractivity contribution is 0.261. The average molecular weight is 927 g/mol. The molecule has 0 aliphatic rings. The second-order valence-corrected chi connectivity index (χ2v) is 8.06. The zero-order valence-electron chi connectivity index (χ0n) is 32.8. The van der Waals surface area contributed by atoms with Gasteiger partial charge in [0.1, 0.15) is 0 Å². The average Bonchev–Trinajstić information content (AvgIpc) is 2.93. The Morgan fingerprint density at radius 1 is 0.197 bits per heavy atom. The molecule has 0 aromatic carbocycles. The monoisotopic (exact) mass is 929 g/mol. The SMILES string of the molecule is CCCCN(CCCC)CCCC.OB(O)O.OB(O)O.OB(O)O.OB(O)O.OB(O)O.OB(O)O.OB(O)O.OB(O)O.OB(O)O.OB(O)O.OB(O)O.OB(O)O. The molecule has 0 saturated heterocycles. The van der Waals surface area contributed by atoms with Gasteiger partial charge in [0.05, 0.1) is 0 Å². The standard InChI is InChI=1S/C12H27N.12BH3O3/c1-4-7-10-13(11-8-5-2)12-9-6-3;12*2-1(3)4/h4-12H2,1-3H3;12*2-4H. The highest BCUT2D eigenvalue weighted by atomic mass is 16.6. The Bertz CT molecular complexity index is 421. The smallest absolute Gasteiger partial charge is 0.402 e. The van der Waals surface area contributed by atoms with E-state index in [0.717, 1.165) is 0 Å². The lowest BCUT2D eigenvalue weighted by Crippen LogP contribution is -2.27. The largest absolute Gasteiger partial charge is 0.631 e. The van der Waals surface area contributed by atoms with E-state index in [9.17, 15) is 0 Å². The Morgan fingerprint density at radius 3 is 0.311 bits per heavy atom. The number of unbranched alkanes of at least 4 members (excludes halogenated alkanes) is 3. The van der Waals surface area contributed by atoms with Crippen LogP contribution in [0.1, 0.15) is 59.3 Å². The van der Waals surface area contributed by atoms with Crippen molar-refractivity contribution in [2.75, 3.05) is 19.6 Å². The second kappa shape index (κ2) is 90.1. The molecule has 61 heavy (non-hydrogen) atoms. The molecule has 0 fully saturated rings. The van der Waals surface area contributed by atoms with E-state index in [2.05, 4.69) is 25.7 Å². The van der Waals surface area contributed by atoms with Crippen molar-refractivity contribution in [2.45, 2.75) is 59.3 Å². The van der Waals surface area contributed by atoms with E-state index in [-0.39, 0.29) is 0 Å². The highest BCUT2D eigenvalue weighted by Crippen LogP contribution is 2.01. The minimum absolute atomic E-state index is 1.32. The van der Waals surface area contributed by atoms with Gasteiger partial charge < -0.3 is 186 Å². The maximum absolute atomic E-state index is 7.17. The summed E-state index contributed by atoms with van der Waals surface area (Å²) in [4.78, 5) is 2.64. The van der Waals surface area contributed by atoms with Gasteiger partial charge >= 0.3 is 87.9 Å². The molecule has 0 aliphatic carbocycles. The summed E-state index contributed by atoms with van der Waals surface area (Å²) in [6, 6.07) is 0. The molecule has 0 unspecified atom stereocenters. The van der Waals surface area contributed by atoms with E-state index in [4.69, 9.17) is 181 Å². The van der Waals surface area contributed by atoms with Crippen molar-refractivity contribution < 1.29 is 181 Å². The number of hydrogen-bond donors (Lipinski definition) is 36. The van der Waals surface area contributed by atoms with Crippen LogP contribution in [0, 0.1) is 0 Å². The van der Waals surface area contributed by atoms with Gasteiger partial charge in [-0.1, -0.05) is 40.0 Å². The molecule has 0 aromatic heterocycles. The Labute approximate surface area is 352 Å². The molecule has 0 amide bonds. The van der Waals surface area contributed by atoms with Gasteiger partial charge in [0.15, 0.2) is 0 Å². The van der Waals surface area contributed by atoms with Crippen molar-refractivity contribution in [3.63, 3.8) is 0 Å². The van der Waals surface area contributed by atoms with Crippen LogP contribution in [-0.4, -0.2) is 293 Å². The highest BCUT2D eigenvalue weighted by molar-refractivity contribution is 6.33. The van der Waals surface area contributed by atoms with Gasteiger partial charge in [0.2, 0.25) is 0 Å². The molecule has 0 radical (unpaired) electrons. The molecular weight excluding hydrogens is 864 g/mol. The van der Waals surface area contributed by atoms with Gasteiger partial charge in [-0.25, -0.2) is 0 Å². The highest BCUT2D eigenvalue weighted by Gasteiger charge is 2.02. The molecule has 0 saturated carbocycles. The first-order valence-electron chi connectivity index (χ1n) is 15.4. The van der Waals surface area contributed by atoms with Crippen LogP contribution in [0.5, 0.6) is 0 Å². The normalized spacial score (nSPS) is 7.67. The van der Waals surface area contributed by atoms with E-state index < -0.39 is 87.9 Å². The predicted molar refractivity (Wildman–Crippen MR) is 210 cm³/mol. The van der Waals surface area contributed by atoms with E-state index in [0.29, 0.717) is 0 Å². The van der Waals surface area contributed by atoms with E-state index >= 15 is 0 Å². The van der Waals surface area contributed by atoms with E-state index in [1.807, 2.05) is 0 Å². The van der Waals surface area contributed by atoms with Crippen LogP contribution in [0.15, 0.2) is 0 Å². The molecular formula is C12H63B12NO36. The molecule has 0 bridgehead atoms. The number of nitrogens with zero attached hydrogens (tertiary/aromatic N) is 1. The Morgan fingerprint density at radius 2 is 0.262 bits per heavy atom. The molecule has 0 heterocycles. The lowest BCUT2D eigenvalue weighted by atomic mass is 10.2. The van der Waals surface area contributed by atoms with Crippen molar-refractivity contribution in [3.05, 3.63) is 0 Å². The summed E-state index contributed by atoms with van der Waals surface area (Å²) in [6.45, 7) is 10.8. The fourth-order valence-electron chi connectivity index (χ4n) is 1.48.